The fourth-order valence-corrected chi connectivity index (χ4v) is 5.87. The van der Waals surface area contributed by atoms with E-state index in [4.69, 9.17) is 16.3 Å². The van der Waals surface area contributed by atoms with Gasteiger partial charge in [-0.1, -0.05) is 11.6 Å². The van der Waals surface area contributed by atoms with Crippen molar-refractivity contribution >= 4 is 29.2 Å². The highest BCUT2D eigenvalue weighted by molar-refractivity contribution is 6.32. The number of nitro groups is 1. The van der Waals surface area contributed by atoms with Crippen molar-refractivity contribution in [2.75, 3.05) is 0 Å². The lowest BCUT2D eigenvalue weighted by molar-refractivity contribution is -0.384. The van der Waals surface area contributed by atoms with E-state index in [0.717, 1.165) is 25.3 Å². The average molecular weight is 407 g/mol. The van der Waals surface area contributed by atoms with Gasteiger partial charge in [0.2, 0.25) is 0 Å². The van der Waals surface area contributed by atoms with E-state index in [0.29, 0.717) is 17.8 Å². The smallest absolute Gasteiger partial charge is 0.339 e. The average Bonchev–Trinajstić information content (AvgIpc) is 2.60. The number of ether oxygens (including phenoxy) is 1. The highest BCUT2D eigenvalue weighted by atomic mass is 35.5. The Labute approximate surface area is 167 Å². The van der Waals surface area contributed by atoms with E-state index >= 15 is 0 Å². The number of nitrogens with one attached hydrogen (secondary N) is 1. The van der Waals surface area contributed by atoms with E-state index in [2.05, 4.69) is 5.32 Å². The summed E-state index contributed by atoms with van der Waals surface area (Å²) in [6.07, 6.45) is 5.87. The molecule has 0 aliphatic heterocycles. The van der Waals surface area contributed by atoms with Crippen molar-refractivity contribution in [2.45, 2.75) is 57.1 Å². The third kappa shape index (κ3) is 3.60. The van der Waals surface area contributed by atoms with E-state index < -0.39 is 17.0 Å². The van der Waals surface area contributed by atoms with Crippen LogP contribution in [0.4, 0.5) is 5.69 Å². The lowest BCUT2D eigenvalue weighted by Crippen LogP contribution is -2.61. The summed E-state index contributed by atoms with van der Waals surface area (Å²) in [5.41, 5.74) is -0.543. The van der Waals surface area contributed by atoms with Crippen molar-refractivity contribution in [2.24, 2.45) is 17.8 Å². The molecule has 1 amide bonds. The van der Waals surface area contributed by atoms with Gasteiger partial charge in [0.25, 0.3) is 11.6 Å². The molecule has 4 bridgehead atoms. The summed E-state index contributed by atoms with van der Waals surface area (Å²) in [5, 5.41) is 14.1. The molecule has 0 aromatic heterocycles. The number of esters is 1. The topological polar surface area (TPSA) is 98.5 Å². The molecule has 1 N–H and O–H groups in total. The summed E-state index contributed by atoms with van der Waals surface area (Å²) in [6, 6.07) is 3.69. The zero-order valence-corrected chi connectivity index (χ0v) is 16.4. The Balaban J connectivity index is 1.40. The largest absolute Gasteiger partial charge is 0.449 e. The van der Waals surface area contributed by atoms with Gasteiger partial charge >= 0.3 is 5.97 Å². The van der Waals surface area contributed by atoms with Crippen molar-refractivity contribution in [3.8, 4) is 0 Å². The molecular weight excluding hydrogens is 384 g/mol. The first-order valence-corrected chi connectivity index (χ1v) is 10.1. The van der Waals surface area contributed by atoms with E-state index in [1.807, 2.05) is 0 Å². The maximum atomic E-state index is 12.7. The van der Waals surface area contributed by atoms with Gasteiger partial charge in [-0.25, -0.2) is 4.79 Å². The van der Waals surface area contributed by atoms with Gasteiger partial charge in [-0.2, -0.15) is 0 Å². The van der Waals surface area contributed by atoms with Crippen LogP contribution < -0.4 is 5.32 Å². The second-order valence-corrected chi connectivity index (χ2v) is 9.07. The Morgan fingerprint density at radius 1 is 1.21 bits per heavy atom. The third-order valence-electron chi connectivity index (χ3n) is 6.46. The van der Waals surface area contributed by atoms with Gasteiger partial charge in [0.1, 0.15) is 5.02 Å². The van der Waals surface area contributed by atoms with Gasteiger partial charge in [-0.3, -0.25) is 14.9 Å². The molecule has 1 aromatic carbocycles. The quantitative estimate of drug-likeness (QED) is 0.454. The Morgan fingerprint density at radius 2 is 1.79 bits per heavy atom. The van der Waals surface area contributed by atoms with Crippen molar-refractivity contribution in [1.82, 2.24) is 5.32 Å². The number of nitrogens with zero attached hydrogens (tertiary/aromatic N) is 1. The van der Waals surface area contributed by atoms with E-state index in [1.54, 1.807) is 0 Å². The van der Waals surface area contributed by atoms with Crippen LogP contribution in [0.25, 0.3) is 0 Å². The first-order valence-electron chi connectivity index (χ1n) is 9.71. The summed E-state index contributed by atoms with van der Waals surface area (Å²) in [4.78, 5) is 35.4. The van der Waals surface area contributed by atoms with E-state index in [1.165, 1.54) is 38.3 Å². The van der Waals surface area contributed by atoms with Gasteiger partial charge in [0, 0.05) is 11.6 Å². The van der Waals surface area contributed by atoms with Crippen LogP contribution in [0.15, 0.2) is 18.2 Å². The monoisotopic (exact) mass is 406 g/mol. The standard InChI is InChI=1S/C20H23ClN2O5/c1-11(28-19(25)15-2-3-16(21)17(7-15)23(26)27)18(24)22-20-8-12-4-13(9-20)6-14(5-12)10-20/h2-3,7,11-14H,4-6,8-10H2,1H3,(H,22,24)/t11-,12?,13?,14?,20?/m0/s1. The summed E-state index contributed by atoms with van der Waals surface area (Å²) >= 11 is 5.77. The summed E-state index contributed by atoms with van der Waals surface area (Å²) < 4.78 is 5.27. The lowest BCUT2D eigenvalue weighted by Gasteiger charge is -2.57. The normalized spacial score (nSPS) is 31.3. The Hall–Kier alpha value is -2.15. The minimum absolute atomic E-state index is 0.00875. The van der Waals surface area contributed by atoms with Crippen molar-refractivity contribution in [3.63, 3.8) is 0 Å². The molecule has 7 nitrogen and oxygen atoms in total. The Morgan fingerprint density at radius 3 is 2.32 bits per heavy atom. The zero-order chi connectivity index (χ0) is 20.1. The minimum Gasteiger partial charge on any atom is -0.449 e. The summed E-state index contributed by atoms with van der Waals surface area (Å²) in [5.74, 6) is 0.990. The molecule has 0 spiro atoms. The maximum Gasteiger partial charge on any atom is 0.339 e. The van der Waals surface area contributed by atoms with Crippen LogP contribution in [0, 0.1) is 27.9 Å². The van der Waals surface area contributed by atoms with Crippen LogP contribution in [-0.4, -0.2) is 28.4 Å². The molecule has 1 aromatic rings. The molecule has 4 aliphatic carbocycles. The number of hydrogen-bond acceptors (Lipinski definition) is 5. The van der Waals surface area contributed by atoms with E-state index in [9.17, 15) is 19.7 Å². The SMILES string of the molecule is C[C@H](OC(=O)c1ccc(Cl)c([N+](=O)[O-])c1)C(=O)NC12CC3CC(CC(C3)C1)C2. The van der Waals surface area contributed by atoms with Crippen LogP contribution >= 0.6 is 11.6 Å². The van der Waals surface area contributed by atoms with Gasteiger partial charge in [-0.15, -0.1) is 0 Å². The number of nitro benzene ring substituents is 1. The predicted molar refractivity (Wildman–Crippen MR) is 102 cm³/mol. The van der Waals surface area contributed by atoms with E-state index in [-0.39, 0.29) is 27.7 Å². The molecule has 4 saturated carbocycles. The molecule has 5 rings (SSSR count). The Kier molecular flexibility index (Phi) is 4.81. The van der Waals surface area contributed by atoms with Crippen molar-refractivity contribution < 1.29 is 19.2 Å². The number of halogens is 1. The molecular formula is C20H23ClN2O5. The summed E-state index contributed by atoms with van der Waals surface area (Å²) in [6.45, 7) is 1.53. The van der Waals surface area contributed by atoms with Gasteiger partial charge in [0.15, 0.2) is 6.10 Å². The molecule has 4 aliphatic rings. The number of rotatable bonds is 5. The minimum atomic E-state index is -0.977. The molecule has 0 radical (unpaired) electrons. The lowest BCUT2D eigenvalue weighted by atomic mass is 9.53. The molecule has 28 heavy (non-hydrogen) atoms. The maximum absolute atomic E-state index is 12.7. The van der Waals surface area contributed by atoms with Crippen molar-refractivity contribution in [3.05, 3.63) is 38.9 Å². The molecule has 8 heteroatoms. The second-order valence-electron chi connectivity index (χ2n) is 8.66. The highest BCUT2D eigenvalue weighted by Gasteiger charge is 2.51. The molecule has 4 fully saturated rings. The fourth-order valence-electron chi connectivity index (χ4n) is 5.69. The number of carbonyl (C=O) groups excluding carboxylic acids is 2. The molecule has 0 heterocycles. The molecule has 0 saturated heterocycles. The second kappa shape index (κ2) is 7.03. The van der Waals surface area contributed by atoms with Gasteiger partial charge in [0.05, 0.1) is 10.5 Å². The van der Waals surface area contributed by atoms with Crippen LogP contribution in [0.5, 0.6) is 0 Å². The Bertz CT molecular complexity index is 805. The molecule has 1 atom stereocenters. The first kappa shape index (κ1) is 19.2. The van der Waals surface area contributed by atoms with Gasteiger partial charge < -0.3 is 10.1 Å². The third-order valence-corrected chi connectivity index (χ3v) is 6.78. The highest BCUT2D eigenvalue weighted by Crippen LogP contribution is 2.55. The molecule has 0 unspecified atom stereocenters. The van der Waals surface area contributed by atoms with Crippen LogP contribution in [-0.2, 0) is 9.53 Å². The number of amides is 1. The van der Waals surface area contributed by atoms with Crippen LogP contribution in [0.1, 0.15) is 55.8 Å². The fraction of sp³-hybridized carbons (Fsp3) is 0.600. The van der Waals surface area contributed by atoms with Crippen LogP contribution in [0.3, 0.4) is 0 Å². The van der Waals surface area contributed by atoms with Crippen LogP contribution in [0.2, 0.25) is 5.02 Å². The first-order chi connectivity index (χ1) is 13.2. The summed E-state index contributed by atoms with van der Waals surface area (Å²) in [7, 11) is 0. The number of hydrogen-bond donors (Lipinski definition) is 1. The number of carbonyl (C=O) groups is 2. The number of benzene rings is 1. The predicted octanol–water partition coefficient (Wildman–Crippen LogP) is 3.88. The molecule has 150 valence electrons. The van der Waals surface area contributed by atoms with Crippen molar-refractivity contribution in [1.29, 1.82) is 0 Å². The zero-order valence-electron chi connectivity index (χ0n) is 15.7. The van der Waals surface area contributed by atoms with Gasteiger partial charge in [-0.05, 0) is 75.3 Å².